The highest BCUT2D eigenvalue weighted by atomic mass is 16.5. The molecule has 4 aliphatic rings. The van der Waals surface area contributed by atoms with Crippen molar-refractivity contribution in [1.82, 2.24) is 5.32 Å². The lowest BCUT2D eigenvalue weighted by Gasteiger charge is -2.62. The Morgan fingerprint density at radius 1 is 1.03 bits per heavy atom. The van der Waals surface area contributed by atoms with Crippen molar-refractivity contribution in [3.8, 4) is 0 Å². The summed E-state index contributed by atoms with van der Waals surface area (Å²) in [5.41, 5.74) is 0.835. The SMILES string of the molecule is COC(=O)[C@@H](NC(=O)CC[C@@H](C)[C@H]1CC[C@H]2[C@@H]3CC[C@@H]4C[C@H](O)CC[C@]4(C)[C@H]3C[C@H](O)[C@]12C)c1ccccc1. The molecular weight excluding hydrogens is 490 g/mol. The van der Waals surface area contributed by atoms with E-state index in [1.54, 1.807) is 0 Å². The van der Waals surface area contributed by atoms with Crippen LogP contribution in [0.15, 0.2) is 30.3 Å². The van der Waals surface area contributed by atoms with Crippen LogP contribution in [0.25, 0.3) is 0 Å². The van der Waals surface area contributed by atoms with Crippen LogP contribution < -0.4 is 5.32 Å². The summed E-state index contributed by atoms with van der Waals surface area (Å²) < 4.78 is 4.95. The summed E-state index contributed by atoms with van der Waals surface area (Å²) in [6.45, 7) is 7.05. The summed E-state index contributed by atoms with van der Waals surface area (Å²) in [6, 6.07) is 8.42. The summed E-state index contributed by atoms with van der Waals surface area (Å²) >= 11 is 0. The maximum Gasteiger partial charge on any atom is 0.333 e. The fraction of sp³-hybridized carbons (Fsp3) is 0.758. The molecule has 11 atom stereocenters. The number of aliphatic hydroxyl groups excluding tert-OH is 2. The second-order valence-electron chi connectivity index (χ2n) is 13.8. The minimum atomic E-state index is -0.804. The van der Waals surface area contributed by atoms with Crippen LogP contribution in [0, 0.1) is 46.3 Å². The summed E-state index contributed by atoms with van der Waals surface area (Å²) in [7, 11) is 1.34. The molecule has 0 unspecified atom stereocenters. The number of ether oxygens (including phenoxy) is 1. The van der Waals surface area contributed by atoms with E-state index in [0.29, 0.717) is 47.5 Å². The predicted octanol–water partition coefficient (Wildman–Crippen LogP) is 5.42. The van der Waals surface area contributed by atoms with Gasteiger partial charge in [0.25, 0.3) is 0 Å². The fourth-order valence-electron chi connectivity index (χ4n) is 9.99. The van der Waals surface area contributed by atoms with Crippen molar-refractivity contribution in [2.45, 2.75) is 103 Å². The number of hydrogen-bond acceptors (Lipinski definition) is 5. The Labute approximate surface area is 234 Å². The summed E-state index contributed by atoms with van der Waals surface area (Å²) in [5.74, 6) is 2.39. The largest absolute Gasteiger partial charge is 0.467 e. The van der Waals surface area contributed by atoms with Gasteiger partial charge in [-0.05, 0) is 110 Å². The van der Waals surface area contributed by atoms with Crippen LogP contribution >= 0.6 is 0 Å². The van der Waals surface area contributed by atoms with Gasteiger partial charge < -0.3 is 20.3 Å². The van der Waals surface area contributed by atoms with Crippen molar-refractivity contribution in [2.75, 3.05) is 7.11 Å². The van der Waals surface area contributed by atoms with Crippen LogP contribution in [0.4, 0.5) is 0 Å². The van der Waals surface area contributed by atoms with E-state index in [1.165, 1.54) is 20.0 Å². The van der Waals surface area contributed by atoms with Gasteiger partial charge in [0, 0.05) is 6.42 Å². The Morgan fingerprint density at radius 3 is 2.49 bits per heavy atom. The zero-order valence-electron chi connectivity index (χ0n) is 24.3. The number of hydrogen-bond donors (Lipinski definition) is 3. The Kier molecular flexibility index (Phi) is 8.18. The van der Waals surface area contributed by atoms with E-state index in [4.69, 9.17) is 4.74 Å². The molecule has 6 nitrogen and oxygen atoms in total. The molecule has 1 amide bonds. The first kappa shape index (κ1) is 28.6. The highest BCUT2D eigenvalue weighted by Crippen LogP contribution is 2.68. The number of amides is 1. The minimum absolute atomic E-state index is 0.118. The van der Waals surface area contributed by atoms with Gasteiger partial charge >= 0.3 is 5.97 Å². The number of benzene rings is 1. The van der Waals surface area contributed by atoms with E-state index in [-0.39, 0.29) is 28.9 Å². The number of carbonyl (C=O) groups is 2. The quantitative estimate of drug-likeness (QED) is 0.402. The second kappa shape index (κ2) is 11.2. The molecule has 0 aliphatic heterocycles. The van der Waals surface area contributed by atoms with Gasteiger partial charge in [-0.3, -0.25) is 4.79 Å². The Morgan fingerprint density at radius 2 is 1.77 bits per heavy atom. The van der Waals surface area contributed by atoms with Gasteiger partial charge in [0.1, 0.15) is 0 Å². The van der Waals surface area contributed by atoms with Gasteiger partial charge in [0.05, 0.1) is 19.3 Å². The number of rotatable bonds is 7. The van der Waals surface area contributed by atoms with E-state index < -0.39 is 12.0 Å². The van der Waals surface area contributed by atoms with Crippen LogP contribution in [0.1, 0.15) is 96.6 Å². The zero-order chi connectivity index (χ0) is 27.9. The van der Waals surface area contributed by atoms with Gasteiger partial charge in [-0.2, -0.15) is 0 Å². The van der Waals surface area contributed by atoms with Gasteiger partial charge in [-0.1, -0.05) is 51.1 Å². The van der Waals surface area contributed by atoms with Crippen LogP contribution in [-0.4, -0.2) is 41.4 Å². The van der Waals surface area contributed by atoms with Crippen molar-refractivity contribution in [1.29, 1.82) is 0 Å². The topological polar surface area (TPSA) is 95.9 Å². The number of nitrogens with one attached hydrogen (secondary N) is 1. The van der Waals surface area contributed by atoms with E-state index >= 15 is 0 Å². The fourth-order valence-corrected chi connectivity index (χ4v) is 9.99. The minimum Gasteiger partial charge on any atom is -0.467 e. The smallest absolute Gasteiger partial charge is 0.333 e. The molecule has 0 aromatic heterocycles. The van der Waals surface area contributed by atoms with Crippen molar-refractivity contribution in [3.63, 3.8) is 0 Å². The second-order valence-corrected chi connectivity index (χ2v) is 13.8. The van der Waals surface area contributed by atoms with Gasteiger partial charge in [0.15, 0.2) is 6.04 Å². The highest BCUT2D eigenvalue weighted by molar-refractivity contribution is 5.85. The van der Waals surface area contributed by atoms with Crippen LogP contribution in [-0.2, 0) is 14.3 Å². The van der Waals surface area contributed by atoms with Crippen molar-refractivity contribution >= 4 is 11.9 Å². The molecule has 4 saturated carbocycles. The summed E-state index contributed by atoms with van der Waals surface area (Å²) in [4.78, 5) is 25.4. The molecule has 3 N–H and O–H groups in total. The Balaban J connectivity index is 1.24. The standard InChI is InChI=1S/C33H49NO5/c1-20(10-15-29(37)34-30(31(38)39-4)21-8-6-5-7-9-21)25-13-14-26-24-12-11-22-18-23(35)16-17-32(22,2)27(24)19-28(36)33(25,26)3/h5-9,20,22-28,30,35-36H,10-19H2,1-4H3,(H,34,37)/t20-,22-,23-,24+,25-,26+,27+,28+,30+,32+,33-/m1/s1. The number of methoxy groups -OCH3 is 1. The van der Waals surface area contributed by atoms with Crippen LogP contribution in [0.2, 0.25) is 0 Å². The first-order chi connectivity index (χ1) is 18.6. The third kappa shape index (κ3) is 5.05. The van der Waals surface area contributed by atoms with Crippen molar-refractivity contribution < 1.29 is 24.5 Å². The normalized spacial score (nSPS) is 40.9. The molecule has 0 spiro atoms. The van der Waals surface area contributed by atoms with Gasteiger partial charge in [-0.25, -0.2) is 4.79 Å². The third-order valence-corrected chi connectivity index (χ3v) is 12.2. The lowest BCUT2D eigenvalue weighted by molar-refractivity contribution is -0.175. The van der Waals surface area contributed by atoms with Crippen molar-refractivity contribution in [3.05, 3.63) is 35.9 Å². The molecule has 4 aliphatic carbocycles. The number of carbonyl (C=O) groups excluding carboxylic acids is 2. The zero-order valence-corrected chi connectivity index (χ0v) is 24.3. The molecule has 5 rings (SSSR count). The van der Waals surface area contributed by atoms with Crippen LogP contribution in [0.3, 0.4) is 0 Å². The predicted molar refractivity (Wildman–Crippen MR) is 150 cm³/mol. The van der Waals surface area contributed by atoms with Gasteiger partial charge in [-0.15, -0.1) is 0 Å². The summed E-state index contributed by atoms with van der Waals surface area (Å²) in [6.07, 6.45) is 9.11. The van der Waals surface area contributed by atoms with E-state index in [0.717, 1.165) is 44.9 Å². The first-order valence-corrected chi connectivity index (χ1v) is 15.4. The Hall–Kier alpha value is -1.92. The van der Waals surface area contributed by atoms with Crippen molar-refractivity contribution in [2.24, 2.45) is 46.3 Å². The summed E-state index contributed by atoms with van der Waals surface area (Å²) in [5, 5.41) is 25.0. The molecule has 6 heteroatoms. The highest BCUT2D eigenvalue weighted by Gasteiger charge is 2.63. The third-order valence-electron chi connectivity index (χ3n) is 12.2. The van der Waals surface area contributed by atoms with Gasteiger partial charge in [0.2, 0.25) is 5.91 Å². The number of aliphatic hydroxyl groups is 2. The maximum atomic E-state index is 13.0. The average molecular weight is 540 g/mol. The molecule has 216 valence electrons. The van der Waals surface area contributed by atoms with E-state index in [1.807, 2.05) is 30.3 Å². The molecule has 0 heterocycles. The lowest BCUT2D eigenvalue weighted by atomic mass is 9.43. The molecule has 0 bridgehead atoms. The Bertz CT molecular complexity index is 1030. The molecular formula is C33H49NO5. The molecule has 4 fully saturated rings. The molecule has 0 radical (unpaired) electrons. The monoisotopic (exact) mass is 539 g/mol. The number of esters is 1. The maximum absolute atomic E-state index is 13.0. The lowest BCUT2D eigenvalue weighted by Crippen LogP contribution is -2.58. The molecule has 39 heavy (non-hydrogen) atoms. The molecule has 0 saturated heterocycles. The average Bonchev–Trinajstić information content (AvgIpc) is 3.30. The van der Waals surface area contributed by atoms with E-state index in [2.05, 4.69) is 26.1 Å². The molecule has 1 aromatic rings. The molecule has 1 aromatic carbocycles. The van der Waals surface area contributed by atoms with E-state index in [9.17, 15) is 19.8 Å². The van der Waals surface area contributed by atoms with Crippen LogP contribution in [0.5, 0.6) is 0 Å². The number of fused-ring (bicyclic) bond motifs is 5. The first-order valence-electron chi connectivity index (χ1n) is 15.4.